The van der Waals surface area contributed by atoms with Crippen molar-refractivity contribution in [2.75, 3.05) is 13.7 Å². The van der Waals surface area contributed by atoms with E-state index in [9.17, 15) is 19.2 Å². The van der Waals surface area contributed by atoms with Crippen LogP contribution in [0.5, 0.6) is 0 Å². The van der Waals surface area contributed by atoms with Crippen LogP contribution in [0.4, 0.5) is 4.79 Å². The molecule has 0 spiro atoms. The fourth-order valence-electron chi connectivity index (χ4n) is 3.17. The minimum Gasteiger partial charge on any atom is -0.465 e. The molecule has 0 unspecified atom stereocenters. The first-order chi connectivity index (χ1) is 16.5. The van der Waals surface area contributed by atoms with Crippen LogP contribution in [-0.2, 0) is 30.5 Å². The Kier molecular flexibility index (Phi) is 9.98. The van der Waals surface area contributed by atoms with Gasteiger partial charge in [0.15, 0.2) is 0 Å². The Morgan fingerprint density at radius 3 is 2.29 bits per heavy atom. The van der Waals surface area contributed by atoms with Crippen LogP contribution >= 0.6 is 0 Å². The van der Waals surface area contributed by atoms with E-state index in [2.05, 4.69) is 16.1 Å². The first-order valence-corrected chi connectivity index (χ1v) is 11.0. The number of amides is 4. The van der Waals surface area contributed by atoms with Gasteiger partial charge in [-0.2, -0.15) is 0 Å². The van der Waals surface area contributed by atoms with Crippen LogP contribution in [0, 0.1) is 0 Å². The average molecular weight is 489 g/mol. The highest BCUT2D eigenvalue weighted by Gasteiger charge is 2.29. The van der Waals surface area contributed by atoms with Gasteiger partial charge in [-0.05, 0) is 37.1 Å². The maximum absolute atomic E-state index is 12.8. The number of benzene rings is 2. The van der Waals surface area contributed by atoms with Gasteiger partial charge in [-0.1, -0.05) is 42.5 Å². The number of carboxylic acid groups (broad SMARTS) is 1. The third-order valence-electron chi connectivity index (χ3n) is 4.77. The second-order valence-electron chi connectivity index (χ2n) is 8.82. The average Bonchev–Trinajstić information content (AvgIpc) is 2.79. The van der Waals surface area contributed by atoms with Gasteiger partial charge in [-0.15, -0.1) is 0 Å². The quantitative estimate of drug-likeness (QED) is 0.300. The lowest BCUT2D eigenvalue weighted by molar-refractivity contribution is -0.147. The molecule has 11 nitrogen and oxygen atoms in total. The largest absolute Gasteiger partial charge is 0.465 e. The van der Waals surface area contributed by atoms with Crippen LogP contribution in [0.25, 0.3) is 10.8 Å². The third kappa shape index (κ3) is 9.22. The minimum atomic E-state index is -1.50. The number of nitrogens with one attached hydrogen (secondary N) is 4. The van der Waals surface area contributed by atoms with Crippen molar-refractivity contribution in [3.8, 4) is 0 Å². The highest BCUT2D eigenvalue weighted by Crippen LogP contribution is 2.18. The molecule has 0 radical (unpaired) electrons. The lowest BCUT2D eigenvalue weighted by Crippen LogP contribution is -2.56. The van der Waals surface area contributed by atoms with E-state index in [0.717, 1.165) is 16.3 Å². The summed E-state index contributed by atoms with van der Waals surface area (Å²) >= 11 is 0. The van der Waals surface area contributed by atoms with Gasteiger partial charge in [0.2, 0.25) is 17.7 Å². The van der Waals surface area contributed by atoms with Crippen LogP contribution in [0.3, 0.4) is 0 Å². The second-order valence-corrected chi connectivity index (χ2v) is 8.82. The standard InChI is InChI=1S/C24H32N4O7/c1-24(2,3)35-28-20(29)12-18(27-23(32)33)22(31)26-19(14-34-4)21(30)25-13-16-10-7-9-15-8-5-6-11-17(15)16/h5-11,18-19,27H,12-14H2,1-4H3,(H,25,30)(H,26,31)(H,28,29)(H,32,33)/t18-,19-/m0/s1. The van der Waals surface area contributed by atoms with Crippen molar-refractivity contribution in [3.63, 3.8) is 0 Å². The maximum atomic E-state index is 12.8. The molecule has 0 aliphatic heterocycles. The van der Waals surface area contributed by atoms with Gasteiger partial charge in [0, 0.05) is 13.7 Å². The van der Waals surface area contributed by atoms with E-state index in [1.807, 2.05) is 47.8 Å². The van der Waals surface area contributed by atoms with Gasteiger partial charge in [0.1, 0.15) is 12.1 Å². The highest BCUT2D eigenvalue weighted by atomic mass is 16.7. The van der Waals surface area contributed by atoms with E-state index in [1.165, 1.54) is 7.11 Å². The minimum absolute atomic E-state index is 0.160. The van der Waals surface area contributed by atoms with Gasteiger partial charge in [-0.25, -0.2) is 10.3 Å². The van der Waals surface area contributed by atoms with Crippen molar-refractivity contribution in [2.24, 2.45) is 0 Å². The molecule has 0 fully saturated rings. The number of ether oxygens (including phenoxy) is 1. The first kappa shape index (κ1) is 27.5. The zero-order chi connectivity index (χ0) is 26.0. The smallest absolute Gasteiger partial charge is 0.405 e. The number of hydrogen-bond donors (Lipinski definition) is 5. The van der Waals surface area contributed by atoms with Crippen molar-refractivity contribution in [1.29, 1.82) is 0 Å². The van der Waals surface area contributed by atoms with Crippen LogP contribution in [0.15, 0.2) is 42.5 Å². The first-order valence-electron chi connectivity index (χ1n) is 11.0. The molecule has 2 atom stereocenters. The van der Waals surface area contributed by atoms with Crippen LogP contribution in [0.2, 0.25) is 0 Å². The topological polar surface area (TPSA) is 155 Å². The Morgan fingerprint density at radius 2 is 1.63 bits per heavy atom. The van der Waals surface area contributed by atoms with E-state index >= 15 is 0 Å². The zero-order valence-corrected chi connectivity index (χ0v) is 20.2. The molecule has 190 valence electrons. The summed E-state index contributed by atoms with van der Waals surface area (Å²) in [7, 11) is 1.36. The molecule has 0 aliphatic carbocycles. The lowest BCUT2D eigenvalue weighted by atomic mass is 10.0. The van der Waals surface area contributed by atoms with Gasteiger partial charge in [0.05, 0.1) is 18.6 Å². The van der Waals surface area contributed by atoms with E-state index in [0.29, 0.717) is 0 Å². The van der Waals surface area contributed by atoms with Crippen molar-refractivity contribution in [3.05, 3.63) is 48.0 Å². The van der Waals surface area contributed by atoms with E-state index < -0.39 is 47.9 Å². The molecule has 0 saturated carbocycles. The van der Waals surface area contributed by atoms with Crippen LogP contribution in [-0.4, -0.2) is 60.3 Å². The number of carbonyl (C=O) groups excluding carboxylic acids is 3. The fraction of sp³-hybridized carbons (Fsp3) is 0.417. The Balaban J connectivity index is 2.04. The van der Waals surface area contributed by atoms with Crippen LogP contribution < -0.4 is 21.4 Å². The molecule has 0 bridgehead atoms. The molecule has 5 N–H and O–H groups in total. The van der Waals surface area contributed by atoms with Crippen LogP contribution in [0.1, 0.15) is 32.8 Å². The molecular formula is C24H32N4O7. The second kappa shape index (κ2) is 12.7. The van der Waals surface area contributed by atoms with Gasteiger partial charge in [0.25, 0.3) is 0 Å². The molecule has 35 heavy (non-hydrogen) atoms. The summed E-state index contributed by atoms with van der Waals surface area (Å²) in [5.41, 5.74) is 2.39. The third-order valence-corrected chi connectivity index (χ3v) is 4.77. The molecule has 0 heterocycles. The Morgan fingerprint density at radius 1 is 0.943 bits per heavy atom. The van der Waals surface area contributed by atoms with E-state index in [4.69, 9.17) is 14.7 Å². The van der Waals surface area contributed by atoms with Crippen molar-refractivity contribution < 1.29 is 33.9 Å². The van der Waals surface area contributed by atoms with Gasteiger partial charge < -0.3 is 25.8 Å². The summed E-state index contributed by atoms with van der Waals surface area (Å²) in [5, 5.41) is 18.3. The highest BCUT2D eigenvalue weighted by molar-refractivity contribution is 5.94. The molecule has 2 aromatic rings. The Hall–Kier alpha value is -3.70. The summed E-state index contributed by atoms with van der Waals surface area (Å²) in [6.07, 6.45) is -2.04. The molecule has 11 heteroatoms. The van der Waals surface area contributed by atoms with Crippen molar-refractivity contribution in [1.82, 2.24) is 21.4 Å². The zero-order valence-electron chi connectivity index (χ0n) is 20.2. The predicted octanol–water partition coefficient (Wildman–Crippen LogP) is 1.46. The number of rotatable bonds is 11. The molecule has 0 saturated heterocycles. The van der Waals surface area contributed by atoms with Gasteiger partial charge >= 0.3 is 6.09 Å². The van der Waals surface area contributed by atoms with Crippen molar-refractivity contribution >= 4 is 34.6 Å². The summed E-state index contributed by atoms with van der Waals surface area (Å²) in [6, 6.07) is 10.9. The number of carbonyl (C=O) groups is 4. The Bertz CT molecular complexity index is 1050. The van der Waals surface area contributed by atoms with Crippen molar-refractivity contribution in [2.45, 2.75) is 51.4 Å². The summed E-state index contributed by atoms with van der Waals surface area (Å²) in [6.45, 7) is 5.17. The Labute approximate surface area is 203 Å². The molecule has 2 rings (SSSR count). The van der Waals surface area contributed by atoms with Gasteiger partial charge in [-0.3, -0.25) is 19.2 Å². The summed E-state index contributed by atoms with van der Waals surface area (Å²) in [4.78, 5) is 54.0. The van der Waals surface area contributed by atoms with E-state index in [1.54, 1.807) is 20.8 Å². The lowest BCUT2D eigenvalue weighted by Gasteiger charge is -2.23. The monoisotopic (exact) mass is 488 g/mol. The normalized spacial score (nSPS) is 12.9. The molecule has 0 aliphatic rings. The SMILES string of the molecule is COC[C@H](NC(=O)[C@H](CC(=O)NOC(C)(C)C)NC(=O)O)C(=O)NCc1cccc2ccccc12. The maximum Gasteiger partial charge on any atom is 0.405 e. The number of methoxy groups -OCH3 is 1. The number of fused-ring (bicyclic) bond motifs is 1. The molecular weight excluding hydrogens is 456 g/mol. The molecule has 2 aromatic carbocycles. The summed E-state index contributed by atoms with van der Waals surface area (Å²) < 4.78 is 5.05. The summed E-state index contributed by atoms with van der Waals surface area (Å²) in [5.74, 6) is -2.10. The fourth-order valence-corrected chi connectivity index (χ4v) is 3.17. The van der Waals surface area contributed by atoms with E-state index in [-0.39, 0.29) is 13.2 Å². The number of hydroxylamine groups is 1. The molecule has 4 amide bonds. The number of hydrogen-bond acceptors (Lipinski definition) is 6. The molecule has 0 aromatic heterocycles. The predicted molar refractivity (Wildman–Crippen MR) is 128 cm³/mol.